The molecule has 5 N–H and O–H groups in total. The van der Waals surface area contributed by atoms with E-state index < -0.39 is 68.2 Å². The number of hydrogen-bond acceptors (Lipinski definition) is 16. The molecule has 2 amide bonds. The van der Waals surface area contributed by atoms with Gasteiger partial charge in [0, 0.05) is 11.0 Å². The number of thiazole rings is 1. The summed E-state index contributed by atoms with van der Waals surface area (Å²) in [4.78, 5) is 60.5. The molecule has 4 aromatic rings. The van der Waals surface area contributed by atoms with Crippen molar-refractivity contribution in [3.05, 3.63) is 93.8 Å². The molecule has 2 aromatic heterocycles. The number of β-lactam (4-membered cyclic amide) rings is 1. The summed E-state index contributed by atoms with van der Waals surface area (Å²) < 4.78 is 38.7. The Morgan fingerprint density at radius 2 is 1.69 bits per heavy atom. The van der Waals surface area contributed by atoms with Crippen LogP contribution in [0, 0.1) is 0 Å². The molecule has 2 aromatic carbocycles. The molecule has 1 fully saturated rings. The number of nitrogens with one attached hydrogen (secondary N) is 3. The van der Waals surface area contributed by atoms with Gasteiger partial charge < -0.3 is 20.5 Å². The molecule has 0 saturated carbocycles. The van der Waals surface area contributed by atoms with Crippen LogP contribution in [0.2, 0.25) is 0 Å². The number of benzene rings is 2. The van der Waals surface area contributed by atoms with Crippen molar-refractivity contribution in [2.24, 2.45) is 0 Å². The zero-order valence-electron chi connectivity index (χ0n) is 30.1. The van der Waals surface area contributed by atoms with Crippen LogP contribution in [0.5, 0.6) is 0 Å². The highest BCUT2D eigenvalue weighted by Crippen LogP contribution is 2.45. The summed E-state index contributed by atoms with van der Waals surface area (Å²) in [5, 5.41) is 15.5. The molecule has 21 heteroatoms. The van der Waals surface area contributed by atoms with Gasteiger partial charge in [-0.05, 0) is 49.6 Å². The number of nitrogens with two attached hydrogens (primary N) is 1. The maximum Gasteiger partial charge on any atom is 0.368 e. The molecule has 4 atom stereocenters. The molecule has 0 radical (unpaired) electrons. The first-order valence-corrected chi connectivity index (χ1v) is 21.3. The quantitative estimate of drug-likeness (QED) is 0.0861. The number of carbonyl (C=O) groups is 4. The number of amides is 2. The molecular weight excluding hydrogens is 791 g/mol. The van der Waals surface area contributed by atoms with Gasteiger partial charge in [0.1, 0.15) is 39.5 Å². The van der Waals surface area contributed by atoms with Crippen LogP contribution in [0.25, 0.3) is 0 Å². The first-order chi connectivity index (χ1) is 26.0. The number of rotatable bonds is 13. The molecule has 4 heterocycles. The van der Waals surface area contributed by atoms with Gasteiger partial charge in [0.05, 0.1) is 6.26 Å². The Kier molecular flexibility index (Phi) is 11.7. The van der Waals surface area contributed by atoms with E-state index in [-0.39, 0.29) is 27.2 Å². The van der Waals surface area contributed by atoms with Crippen LogP contribution in [0.4, 0.5) is 5.00 Å². The second kappa shape index (κ2) is 16.1. The SMILES string of the molecule is CC(Sc1nn[nH]n1)C1=C(C(=O)OC(c2ccccc2)c2ccccc2)N2C(=O)[C@@H](NC(=O)[C@@H](NS(C)(=O)=O)c3nc(C(=O)OC(C)(C)C)sc3N)[C@H]2SC1. The lowest BCUT2D eigenvalue weighted by Gasteiger charge is -2.50. The minimum Gasteiger partial charge on any atom is -0.455 e. The number of sulfonamides is 1. The van der Waals surface area contributed by atoms with E-state index >= 15 is 0 Å². The molecule has 6 rings (SSSR count). The fraction of sp³-hybridized carbons (Fsp3) is 0.353. The highest BCUT2D eigenvalue weighted by molar-refractivity contribution is 8.01. The first-order valence-electron chi connectivity index (χ1n) is 16.7. The van der Waals surface area contributed by atoms with Gasteiger partial charge in [-0.3, -0.25) is 14.5 Å². The fourth-order valence-corrected chi connectivity index (χ4v) is 9.57. The zero-order valence-corrected chi connectivity index (χ0v) is 33.3. The number of aromatic nitrogens is 5. The second-order valence-electron chi connectivity index (χ2n) is 13.4. The maximum absolute atomic E-state index is 14.4. The maximum atomic E-state index is 14.4. The summed E-state index contributed by atoms with van der Waals surface area (Å²) in [6.07, 6.45) is 0.0224. The number of anilines is 1. The van der Waals surface area contributed by atoms with Crippen LogP contribution in [0.3, 0.4) is 0 Å². The van der Waals surface area contributed by atoms with Crippen molar-refractivity contribution in [2.75, 3.05) is 17.7 Å². The topological polar surface area (TPSA) is 242 Å². The molecule has 0 spiro atoms. The standard InChI is InChI=1S/C34H37N9O8S4/c1-17(53-33-38-41-42-39-33)20-16-52-30-23(36-27(44)22(40-55(5,48)49)21-26(35)54-28(37-21)32(47)51-34(2,3)4)29(45)43(30)24(20)31(46)50-25(18-12-8-6-9-13-18)19-14-10-7-11-15-19/h6-15,17,22-23,25,30,40H,16,35H2,1-5H3,(H,36,44)(H,38,39,41,42)/t17?,22-,23+,30+/m0/s1. The third-order valence-electron chi connectivity index (χ3n) is 8.14. The Labute approximate surface area is 328 Å². The van der Waals surface area contributed by atoms with Crippen LogP contribution in [-0.2, 0) is 33.9 Å². The number of ether oxygens (including phenoxy) is 2. The van der Waals surface area contributed by atoms with Gasteiger partial charge >= 0.3 is 11.9 Å². The van der Waals surface area contributed by atoms with E-state index in [1.54, 1.807) is 20.8 Å². The summed E-state index contributed by atoms with van der Waals surface area (Å²) in [6, 6.07) is 15.5. The predicted octanol–water partition coefficient (Wildman–Crippen LogP) is 2.95. The van der Waals surface area contributed by atoms with E-state index in [0.717, 1.165) is 17.6 Å². The van der Waals surface area contributed by atoms with Gasteiger partial charge in [0.2, 0.25) is 26.1 Å². The van der Waals surface area contributed by atoms with Crippen LogP contribution in [-0.4, -0.2) is 97.0 Å². The van der Waals surface area contributed by atoms with Gasteiger partial charge in [-0.15, -0.1) is 22.0 Å². The number of hydrogen-bond donors (Lipinski definition) is 4. The normalized spacial score (nSPS) is 18.3. The van der Waals surface area contributed by atoms with Gasteiger partial charge in [0.15, 0.2) is 6.10 Å². The van der Waals surface area contributed by atoms with E-state index in [1.165, 1.54) is 28.4 Å². The van der Waals surface area contributed by atoms with Gasteiger partial charge in [-0.25, -0.2) is 23.0 Å². The number of esters is 2. The molecule has 17 nitrogen and oxygen atoms in total. The summed E-state index contributed by atoms with van der Waals surface area (Å²) in [5.74, 6) is -2.92. The lowest BCUT2D eigenvalue weighted by atomic mass is 9.99. The minimum atomic E-state index is -4.06. The van der Waals surface area contributed by atoms with E-state index in [2.05, 4.69) is 35.6 Å². The van der Waals surface area contributed by atoms with Crippen molar-refractivity contribution in [3.8, 4) is 0 Å². The van der Waals surface area contributed by atoms with Crippen molar-refractivity contribution in [1.29, 1.82) is 0 Å². The predicted molar refractivity (Wildman–Crippen MR) is 205 cm³/mol. The number of aromatic amines is 1. The fourth-order valence-electron chi connectivity index (χ4n) is 5.77. The first kappa shape index (κ1) is 39.9. The molecule has 0 aliphatic carbocycles. The number of fused-ring (bicyclic) bond motifs is 1. The Balaban J connectivity index is 1.30. The Bertz CT molecular complexity index is 2170. The number of carbonyl (C=O) groups excluding carboxylic acids is 4. The molecule has 0 bridgehead atoms. The van der Waals surface area contributed by atoms with Crippen molar-refractivity contribution < 1.29 is 37.1 Å². The largest absolute Gasteiger partial charge is 0.455 e. The average Bonchev–Trinajstić information content (AvgIpc) is 3.80. The van der Waals surface area contributed by atoms with E-state index in [0.29, 0.717) is 21.9 Å². The third kappa shape index (κ3) is 9.18. The van der Waals surface area contributed by atoms with Crippen LogP contribution >= 0.6 is 34.9 Å². The number of nitrogen functional groups attached to an aromatic ring is 1. The number of tetrazole rings is 1. The highest BCUT2D eigenvalue weighted by atomic mass is 32.2. The Morgan fingerprint density at radius 3 is 2.25 bits per heavy atom. The number of thioether (sulfide) groups is 2. The lowest BCUT2D eigenvalue weighted by Crippen LogP contribution is -2.71. The van der Waals surface area contributed by atoms with E-state index in [4.69, 9.17) is 15.2 Å². The second-order valence-corrected chi connectivity index (χ2v) is 18.6. The third-order valence-corrected chi connectivity index (χ3v) is 12.0. The number of nitrogens with zero attached hydrogens (tertiary/aromatic N) is 5. The summed E-state index contributed by atoms with van der Waals surface area (Å²) in [5.41, 5.74) is 7.06. The van der Waals surface area contributed by atoms with Crippen LogP contribution in [0.1, 0.15) is 66.5 Å². The van der Waals surface area contributed by atoms with E-state index in [1.807, 2.05) is 67.6 Å². The summed E-state index contributed by atoms with van der Waals surface area (Å²) in [7, 11) is -4.06. The van der Waals surface area contributed by atoms with Gasteiger partial charge in [-0.1, -0.05) is 83.8 Å². The molecule has 1 unspecified atom stereocenters. The Morgan fingerprint density at radius 1 is 1.05 bits per heavy atom. The lowest BCUT2D eigenvalue weighted by molar-refractivity contribution is -0.154. The van der Waals surface area contributed by atoms with Crippen molar-refractivity contribution in [2.45, 2.75) is 67.3 Å². The highest BCUT2D eigenvalue weighted by Gasteiger charge is 2.55. The monoisotopic (exact) mass is 827 g/mol. The molecule has 2 aliphatic heterocycles. The number of H-pyrrole nitrogens is 1. The van der Waals surface area contributed by atoms with Crippen molar-refractivity contribution in [3.63, 3.8) is 0 Å². The van der Waals surface area contributed by atoms with Crippen molar-refractivity contribution >= 4 is 73.6 Å². The summed E-state index contributed by atoms with van der Waals surface area (Å²) in [6.45, 7) is 6.82. The smallest absolute Gasteiger partial charge is 0.368 e. The molecule has 1 saturated heterocycles. The average molecular weight is 828 g/mol. The van der Waals surface area contributed by atoms with Crippen molar-refractivity contribution in [1.82, 2.24) is 40.5 Å². The molecule has 290 valence electrons. The van der Waals surface area contributed by atoms with Gasteiger partial charge in [0.25, 0.3) is 5.91 Å². The van der Waals surface area contributed by atoms with Crippen LogP contribution in [0.15, 0.2) is 77.1 Å². The molecular formula is C34H37N9O8S4. The van der Waals surface area contributed by atoms with E-state index in [9.17, 15) is 27.6 Å². The Hall–Kier alpha value is -4.83. The zero-order chi connectivity index (χ0) is 39.7. The minimum absolute atomic E-state index is 0.0103. The summed E-state index contributed by atoms with van der Waals surface area (Å²) >= 11 is 3.25. The molecule has 55 heavy (non-hydrogen) atoms. The van der Waals surface area contributed by atoms with Crippen LogP contribution < -0.4 is 15.8 Å². The molecule has 2 aliphatic rings. The van der Waals surface area contributed by atoms with Gasteiger partial charge in [-0.2, -0.15) is 9.94 Å².